The molecule has 0 fully saturated rings. The molecule has 0 radical (unpaired) electrons. The number of amides is 1. The van der Waals surface area contributed by atoms with Gasteiger partial charge < -0.3 is 10.0 Å². The van der Waals surface area contributed by atoms with Gasteiger partial charge in [0.05, 0.1) is 6.04 Å². The third-order valence-electron chi connectivity index (χ3n) is 3.23. The van der Waals surface area contributed by atoms with Crippen molar-refractivity contribution in [3.8, 4) is 0 Å². The van der Waals surface area contributed by atoms with Gasteiger partial charge in [-0.25, -0.2) is 13.6 Å². The quantitative estimate of drug-likeness (QED) is 0.821. The van der Waals surface area contributed by atoms with E-state index >= 15 is 0 Å². The Kier molecular flexibility index (Phi) is 3.00. The topological polar surface area (TPSA) is 40.5 Å². The van der Waals surface area contributed by atoms with Crippen LogP contribution >= 0.6 is 0 Å². The van der Waals surface area contributed by atoms with Crippen LogP contribution in [0.3, 0.4) is 0 Å². The maximum atomic E-state index is 13.6. The summed E-state index contributed by atoms with van der Waals surface area (Å²) in [4.78, 5) is 12.0. The molecule has 1 aromatic rings. The van der Waals surface area contributed by atoms with Crippen LogP contribution in [0, 0.1) is 11.6 Å². The fraction of sp³-hybridized carbons (Fsp3) is 0.417. The van der Waals surface area contributed by atoms with Crippen LogP contribution in [0.1, 0.15) is 30.0 Å². The van der Waals surface area contributed by atoms with E-state index in [0.29, 0.717) is 30.4 Å². The van der Waals surface area contributed by atoms with Crippen LogP contribution in [-0.4, -0.2) is 23.1 Å². The van der Waals surface area contributed by atoms with Crippen molar-refractivity contribution in [1.29, 1.82) is 0 Å². The summed E-state index contributed by atoms with van der Waals surface area (Å²) in [6, 6.07) is 1.63. The minimum atomic E-state index is -1.09. The van der Waals surface area contributed by atoms with E-state index in [1.165, 1.54) is 13.1 Å². The smallest absolute Gasteiger partial charge is 0.407 e. The Morgan fingerprint density at radius 3 is 2.82 bits per heavy atom. The van der Waals surface area contributed by atoms with Crippen molar-refractivity contribution < 1.29 is 18.7 Å². The first kappa shape index (κ1) is 11.8. The molecule has 2 rings (SSSR count). The monoisotopic (exact) mass is 241 g/mol. The molecule has 1 aromatic carbocycles. The van der Waals surface area contributed by atoms with Gasteiger partial charge >= 0.3 is 6.09 Å². The normalized spacial score (nSPS) is 18.6. The average Bonchev–Trinajstić information content (AvgIpc) is 2.27. The maximum absolute atomic E-state index is 13.6. The van der Waals surface area contributed by atoms with Crippen molar-refractivity contribution in [1.82, 2.24) is 4.90 Å². The van der Waals surface area contributed by atoms with Gasteiger partial charge in [-0.1, -0.05) is 0 Å². The summed E-state index contributed by atoms with van der Waals surface area (Å²) in [7, 11) is 1.42. The lowest BCUT2D eigenvalue weighted by Gasteiger charge is -2.31. The third kappa shape index (κ3) is 2.09. The van der Waals surface area contributed by atoms with E-state index in [0.717, 1.165) is 11.0 Å². The Bertz CT molecular complexity index is 462. The first-order valence-corrected chi connectivity index (χ1v) is 5.44. The minimum Gasteiger partial charge on any atom is -0.465 e. The fourth-order valence-corrected chi connectivity index (χ4v) is 2.35. The summed E-state index contributed by atoms with van der Waals surface area (Å²) in [6.07, 6.45) is 0.745. The summed E-state index contributed by atoms with van der Waals surface area (Å²) in [5.41, 5.74) is 0.898. The molecule has 5 heteroatoms. The van der Waals surface area contributed by atoms with E-state index in [-0.39, 0.29) is 0 Å². The predicted molar refractivity (Wildman–Crippen MR) is 57.8 cm³/mol. The van der Waals surface area contributed by atoms with Crippen molar-refractivity contribution in [2.75, 3.05) is 7.05 Å². The Morgan fingerprint density at radius 2 is 2.18 bits per heavy atom. The average molecular weight is 241 g/mol. The van der Waals surface area contributed by atoms with Gasteiger partial charge in [-0.05, 0) is 36.5 Å². The molecule has 3 nitrogen and oxygen atoms in total. The molecular formula is C12H13F2NO2. The van der Waals surface area contributed by atoms with Gasteiger partial charge in [-0.3, -0.25) is 0 Å². The molecule has 1 amide bonds. The summed E-state index contributed by atoms with van der Waals surface area (Å²) in [5.74, 6) is -1.24. The molecule has 1 aliphatic carbocycles. The summed E-state index contributed by atoms with van der Waals surface area (Å²) in [6.45, 7) is 0. The molecule has 0 saturated carbocycles. The fourth-order valence-electron chi connectivity index (χ4n) is 2.35. The van der Waals surface area contributed by atoms with E-state index in [1.54, 1.807) is 0 Å². The van der Waals surface area contributed by atoms with Crippen molar-refractivity contribution in [2.24, 2.45) is 0 Å². The van der Waals surface area contributed by atoms with E-state index in [1.807, 2.05) is 0 Å². The first-order chi connectivity index (χ1) is 8.00. The largest absolute Gasteiger partial charge is 0.465 e. The van der Waals surface area contributed by atoms with Crippen LogP contribution in [0.4, 0.5) is 13.6 Å². The van der Waals surface area contributed by atoms with Crippen molar-refractivity contribution in [3.05, 3.63) is 34.9 Å². The number of carbonyl (C=O) groups is 1. The second-order valence-corrected chi connectivity index (χ2v) is 4.26. The third-order valence-corrected chi connectivity index (χ3v) is 3.23. The highest BCUT2D eigenvalue weighted by Gasteiger charge is 2.28. The van der Waals surface area contributed by atoms with Gasteiger partial charge in [-0.15, -0.1) is 0 Å². The van der Waals surface area contributed by atoms with E-state index < -0.39 is 23.8 Å². The van der Waals surface area contributed by atoms with E-state index in [9.17, 15) is 13.6 Å². The molecule has 1 atom stereocenters. The highest BCUT2D eigenvalue weighted by atomic mass is 19.1. The molecule has 0 spiro atoms. The van der Waals surface area contributed by atoms with Crippen LogP contribution in [0.15, 0.2) is 12.1 Å². The summed E-state index contributed by atoms with van der Waals surface area (Å²) in [5, 5.41) is 8.94. The Labute approximate surface area is 97.7 Å². The lowest BCUT2D eigenvalue weighted by Crippen LogP contribution is -2.32. The molecule has 17 heavy (non-hydrogen) atoms. The van der Waals surface area contributed by atoms with E-state index in [2.05, 4.69) is 0 Å². The van der Waals surface area contributed by atoms with Crippen LogP contribution in [0.25, 0.3) is 0 Å². The standard InChI is InChI=1S/C12H13F2NO2/c1-15(12(16)17)11-4-2-3-8-9(11)5-7(13)6-10(8)14/h5-6,11H,2-4H2,1H3,(H,16,17). The highest BCUT2D eigenvalue weighted by molar-refractivity contribution is 5.65. The second-order valence-electron chi connectivity index (χ2n) is 4.26. The molecule has 1 N–H and O–H groups in total. The van der Waals surface area contributed by atoms with E-state index in [4.69, 9.17) is 5.11 Å². The molecule has 0 aromatic heterocycles. The number of halogens is 2. The van der Waals surface area contributed by atoms with Gasteiger partial charge in [0.1, 0.15) is 11.6 Å². The number of fused-ring (bicyclic) bond motifs is 1. The molecule has 1 aliphatic rings. The number of hydrogen-bond donors (Lipinski definition) is 1. The summed E-state index contributed by atoms with van der Waals surface area (Å²) >= 11 is 0. The Hall–Kier alpha value is -1.65. The van der Waals surface area contributed by atoms with Gasteiger partial charge in [-0.2, -0.15) is 0 Å². The van der Waals surface area contributed by atoms with Crippen molar-refractivity contribution >= 4 is 6.09 Å². The SMILES string of the molecule is CN(C(=O)O)C1CCCc2c(F)cc(F)cc21. The molecule has 0 aliphatic heterocycles. The minimum absolute atomic E-state index is 0.441. The highest BCUT2D eigenvalue weighted by Crippen LogP contribution is 2.35. The van der Waals surface area contributed by atoms with Gasteiger partial charge in [0.25, 0.3) is 0 Å². The van der Waals surface area contributed by atoms with Crippen LogP contribution < -0.4 is 0 Å². The maximum Gasteiger partial charge on any atom is 0.407 e. The van der Waals surface area contributed by atoms with Crippen molar-refractivity contribution in [3.63, 3.8) is 0 Å². The Morgan fingerprint density at radius 1 is 1.47 bits per heavy atom. The lowest BCUT2D eigenvalue weighted by atomic mass is 9.86. The van der Waals surface area contributed by atoms with Gasteiger partial charge in [0.2, 0.25) is 0 Å². The second kappa shape index (κ2) is 4.31. The van der Waals surface area contributed by atoms with Crippen LogP contribution in [-0.2, 0) is 6.42 Å². The zero-order valence-corrected chi connectivity index (χ0v) is 9.41. The predicted octanol–water partition coefficient (Wildman–Crippen LogP) is 2.95. The van der Waals surface area contributed by atoms with Gasteiger partial charge in [0.15, 0.2) is 0 Å². The van der Waals surface area contributed by atoms with Gasteiger partial charge in [0, 0.05) is 13.1 Å². The molecule has 0 saturated heterocycles. The zero-order chi connectivity index (χ0) is 12.6. The number of carboxylic acid groups (broad SMARTS) is 1. The molecule has 0 bridgehead atoms. The number of hydrogen-bond acceptors (Lipinski definition) is 1. The summed E-state index contributed by atoms with van der Waals surface area (Å²) < 4.78 is 26.8. The Balaban J connectivity index is 2.47. The van der Waals surface area contributed by atoms with Crippen LogP contribution in [0.2, 0.25) is 0 Å². The zero-order valence-electron chi connectivity index (χ0n) is 9.41. The number of rotatable bonds is 1. The number of nitrogens with zero attached hydrogens (tertiary/aromatic N) is 1. The molecule has 0 heterocycles. The molecule has 92 valence electrons. The van der Waals surface area contributed by atoms with Crippen LogP contribution in [0.5, 0.6) is 0 Å². The first-order valence-electron chi connectivity index (χ1n) is 5.44. The lowest BCUT2D eigenvalue weighted by molar-refractivity contribution is 0.133. The van der Waals surface area contributed by atoms with Crippen molar-refractivity contribution in [2.45, 2.75) is 25.3 Å². The number of benzene rings is 1. The molecule has 1 unspecified atom stereocenters. The molecular weight excluding hydrogens is 228 g/mol.